The first kappa shape index (κ1) is 17.3. The molecule has 0 bridgehead atoms. The van der Waals surface area contributed by atoms with Crippen LogP contribution in [0, 0.1) is 5.92 Å². The van der Waals surface area contributed by atoms with Gasteiger partial charge in [0, 0.05) is 11.8 Å². The zero-order chi connectivity index (χ0) is 16.0. The fourth-order valence-corrected chi connectivity index (χ4v) is 2.23. The van der Waals surface area contributed by atoms with Crippen LogP contribution in [0.3, 0.4) is 0 Å². The van der Waals surface area contributed by atoms with Crippen LogP contribution < -0.4 is 15.4 Å². The SMILES string of the molecule is COc1cc(NC(=O)[C@@H](CC(C)C)NC(=O)O)ccc1Br. The summed E-state index contributed by atoms with van der Waals surface area (Å²) in [4.78, 5) is 23.0. The zero-order valence-corrected chi connectivity index (χ0v) is 13.7. The molecule has 0 aliphatic carbocycles. The summed E-state index contributed by atoms with van der Waals surface area (Å²) in [7, 11) is 1.53. The number of carbonyl (C=O) groups is 2. The lowest BCUT2D eigenvalue weighted by atomic mass is 10.0. The van der Waals surface area contributed by atoms with Crippen molar-refractivity contribution in [3.63, 3.8) is 0 Å². The standard InChI is InChI=1S/C14H19BrN2O4/c1-8(2)6-11(17-14(19)20)13(18)16-9-4-5-10(15)12(7-9)21-3/h4-5,7-8,11,17H,6H2,1-3H3,(H,16,18)(H,19,20)/t11-/m1/s1. The van der Waals surface area contributed by atoms with Crippen molar-refractivity contribution >= 4 is 33.6 Å². The summed E-state index contributed by atoms with van der Waals surface area (Å²) >= 11 is 3.32. The Labute approximate surface area is 132 Å². The van der Waals surface area contributed by atoms with Gasteiger partial charge in [0.15, 0.2) is 0 Å². The first-order valence-electron chi connectivity index (χ1n) is 6.47. The highest BCUT2D eigenvalue weighted by atomic mass is 79.9. The number of benzene rings is 1. The summed E-state index contributed by atoms with van der Waals surface area (Å²) in [5.41, 5.74) is 0.543. The summed E-state index contributed by atoms with van der Waals surface area (Å²) < 4.78 is 5.92. The van der Waals surface area contributed by atoms with Gasteiger partial charge < -0.3 is 20.5 Å². The Bertz CT molecular complexity index is 520. The van der Waals surface area contributed by atoms with Gasteiger partial charge in [-0.05, 0) is 40.4 Å². The molecule has 3 N–H and O–H groups in total. The molecule has 6 nitrogen and oxygen atoms in total. The molecular formula is C14H19BrN2O4. The molecule has 0 unspecified atom stereocenters. The van der Waals surface area contributed by atoms with Gasteiger partial charge in [0.2, 0.25) is 5.91 Å². The molecule has 0 heterocycles. The van der Waals surface area contributed by atoms with Gasteiger partial charge in [-0.3, -0.25) is 4.79 Å². The van der Waals surface area contributed by atoms with E-state index in [0.717, 1.165) is 4.47 Å². The van der Waals surface area contributed by atoms with Crippen molar-refractivity contribution in [2.24, 2.45) is 5.92 Å². The number of carbonyl (C=O) groups excluding carboxylic acids is 1. The minimum Gasteiger partial charge on any atom is -0.495 e. The van der Waals surface area contributed by atoms with Crippen LogP contribution in [0.1, 0.15) is 20.3 Å². The number of carboxylic acid groups (broad SMARTS) is 1. The maximum absolute atomic E-state index is 12.2. The third-order valence-electron chi connectivity index (χ3n) is 2.74. The minimum atomic E-state index is -1.22. The summed E-state index contributed by atoms with van der Waals surface area (Å²) in [5, 5.41) is 13.7. The molecule has 0 aliphatic rings. The van der Waals surface area contributed by atoms with E-state index in [4.69, 9.17) is 9.84 Å². The first-order valence-corrected chi connectivity index (χ1v) is 7.26. The Kier molecular flexibility index (Phi) is 6.48. The quantitative estimate of drug-likeness (QED) is 0.728. The molecule has 1 aromatic carbocycles. The van der Waals surface area contributed by atoms with E-state index in [1.807, 2.05) is 13.8 Å². The van der Waals surface area contributed by atoms with Gasteiger partial charge in [0.25, 0.3) is 0 Å². The van der Waals surface area contributed by atoms with Gasteiger partial charge in [0.05, 0.1) is 11.6 Å². The normalized spacial score (nSPS) is 11.9. The second-order valence-electron chi connectivity index (χ2n) is 4.97. The second kappa shape index (κ2) is 7.87. The molecule has 1 rings (SSSR count). The minimum absolute atomic E-state index is 0.187. The molecule has 7 heteroatoms. The Balaban J connectivity index is 2.82. The smallest absolute Gasteiger partial charge is 0.405 e. The zero-order valence-electron chi connectivity index (χ0n) is 12.1. The Hall–Kier alpha value is -1.76. The molecule has 0 spiro atoms. The van der Waals surface area contributed by atoms with Crippen molar-refractivity contribution in [3.05, 3.63) is 22.7 Å². The van der Waals surface area contributed by atoms with Crippen molar-refractivity contribution in [3.8, 4) is 5.75 Å². The molecule has 2 amide bonds. The Morgan fingerprint density at radius 2 is 2.05 bits per heavy atom. The third kappa shape index (κ3) is 5.63. The van der Waals surface area contributed by atoms with Crippen LogP contribution in [0.25, 0.3) is 0 Å². The molecule has 21 heavy (non-hydrogen) atoms. The number of methoxy groups -OCH3 is 1. The maximum Gasteiger partial charge on any atom is 0.405 e. The average Bonchev–Trinajstić information content (AvgIpc) is 2.39. The first-order chi connectivity index (χ1) is 9.83. The van der Waals surface area contributed by atoms with Gasteiger partial charge in [-0.1, -0.05) is 13.8 Å². The van der Waals surface area contributed by atoms with E-state index in [-0.39, 0.29) is 5.92 Å². The molecule has 1 atom stereocenters. The van der Waals surface area contributed by atoms with E-state index in [9.17, 15) is 9.59 Å². The summed E-state index contributed by atoms with van der Waals surface area (Å²) in [6.45, 7) is 3.85. The fraction of sp³-hybridized carbons (Fsp3) is 0.429. The number of ether oxygens (including phenoxy) is 1. The predicted molar refractivity (Wildman–Crippen MR) is 83.7 cm³/mol. The highest BCUT2D eigenvalue weighted by molar-refractivity contribution is 9.10. The highest BCUT2D eigenvalue weighted by Gasteiger charge is 2.22. The number of hydrogen-bond donors (Lipinski definition) is 3. The topological polar surface area (TPSA) is 87.7 Å². The second-order valence-corrected chi connectivity index (χ2v) is 5.82. The number of halogens is 1. The highest BCUT2D eigenvalue weighted by Crippen LogP contribution is 2.28. The lowest BCUT2D eigenvalue weighted by Gasteiger charge is -2.18. The molecule has 0 saturated heterocycles. The van der Waals surface area contributed by atoms with Crippen molar-refractivity contribution < 1.29 is 19.4 Å². The number of rotatable bonds is 6. The molecule has 0 aliphatic heterocycles. The lowest BCUT2D eigenvalue weighted by molar-refractivity contribution is -0.118. The Morgan fingerprint density at radius 1 is 1.38 bits per heavy atom. The third-order valence-corrected chi connectivity index (χ3v) is 3.40. The predicted octanol–water partition coefficient (Wildman–Crippen LogP) is 3.08. The summed E-state index contributed by atoms with van der Waals surface area (Å²) in [6, 6.07) is 4.32. The molecule has 0 aromatic heterocycles. The van der Waals surface area contributed by atoms with E-state index in [1.54, 1.807) is 18.2 Å². The molecule has 0 saturated carbocycles. The van der Waals surface area contributed by atoms with Gasteiger partial charge in [-0.15, -0.1) is 0 Å². The van der Waals surface area contributed by atoms with Gasteiger partial charge in [-0.25, -0.2) is 4.79 Å². The molecule has 116 valence electrons. The fourth-order valence-electron chi connectivity index (χ4n) is 1.82. The van der Waals surface area contributed by atoms with Crippen LogP contribution in [-0.2, 0) is 4.79 Å². The van der Waals surface area contributed by atoms with E-state index in [2.05, 4.69) is 26.6 Å². The van der Waals surface area contributed by atoms with Crippen molar-refractivity contribution in [1.82, 2.24) is 5.32 Å². The van der Waals surface area contributed by atoms with Gasteiger partial charge in [-0.2, -0.15) is 0 Å². The average molecular weight is 359 g/mol. The maximum atomic E-state index is 12.2. The number of nitrogens with one attached hydrogen (secondary N) is 2. The van der Waals surface area contributed by atoms with Crippen molar-refractivity contribution in [1.29, 1.82) is 0 Å². The summed E-state index contributed by atoms with van der Waals surface area (Å²) in [5.74, 6) is 0.377. The van der Waals surface area contributed by atoms with E-state index >= 15 is 0 Å². The van der Waals surface area contributed by atoms with Crippen LogP contribution in [0.5, 0.6) is 5.75 Å². The Morgan fingerprint density at radius 3 is 2.57 bits per heavy atom. The van der Waals surface area contributed by atoms with Crippen molar-refractivity contribution in [2.75, 3.05) is 12.4 Å². The van der Waals surface area contributed by atoms with E-state index < -0.39 is 18.0 Å². The molecule has 0 fully saturated rings. The lowest BCUT2D eigenvalue weighted by Crippen LogP contribution is -2.44. The van der Waals surface area contributed by atoms with E-state index in [0.29, 0.717) is 17.9 Å². The van der Waals surface area contributed by atoms with E-state index in [1.165, 1.54) is 7.11 Å². The van der Waals surface area contributed by atoms with Crippen LogP contribution >= 0.6 is 15.9 Å². The van der Waals surface area contributed by atoms with Gasteiger partial charge in [0.1, 0.15) is 11.8 Å². The molecule has 0 radical (unpaired) electrons. The van der Waals surface area contributed by atoms with Crippen molar-refractivity contribution in [2.45, 2.75) is 26.3 Å². The van der Waals surface area contributed by atoms with Gasteiger partial charge >= 0.3 is 6.09 Å². The molecular weight excluding hydrogens is 340 g/mol. The summed E-state index contributed by atoms with van der Waals surface area (Å²) in [6.07, 6.45) is -0.796. The van der Waals surface area contributed by atoms with Crippen LogP contribution in [-0.4, -0.2) is 30.3 Å². The number of anilines is 1. The number of amides is 2. The number of hydrogen-bond acceptors (Lipinski definition) is 3. The largest absolute Gasteiger partial charge is 0.495 e. The van der Waals surface area contributed by atoms with Crippen LogP contribution in [0.2, 0.25) is 0 Å². The molecule has 1 aromatic rings. The van der Waals surface area contributed by atoms with Crippen LogP contribution in [0.4, 0.5) is 10.5 Å². The van der Waals surface area contributed by atoms with Crippen LogP contribution in [0.15, 0.2) is 22.7 Å². The monoisotopic (exact) mass is 358 g/mol.